The molecule has 0 aromatic heterocycles. The summed E-state index contributed by atoms with van der Waals surface area (Å²) >= 11 is 0. The third-order valence-corrected chi connectivity index (χ3v) is 2.98. The van der Waals surface area contributed by atoms with Crippen LogP contribution >= 0.6 is 0 Å². The Hall–Kier alpha value is -2.11. The molecule has 6 heteroatoms. The van der Waals surface area contributed by atoms with Gasteiger partial charge in [-0.2, -0.15) is 0 Å². The van der Waals surface area contributed by atoms with E-state index in [0.717, 1.165) is 0 Å². The molecule has 1 amide bonds. The number of rotatable bonds is 3. The molecule has 2 rings (SSSR count). The van der Waals surface area contributed by atoms with Gasteiger partial charge in [0.05, 0.1) is 16.2 Å². The zero-order valence-corrected chi connectivity index (χ0v) is 10.3. The Morgan fingerprint density at radius 3 is 2.72 bits per heavy atom. The van der Waals surface area contributed by atoms with Crippen molar-refractivity contribution in [2.24, 2.45) is 0 Å². The number of nitrogens with one attached hydrogen (secondary N) is 1. The van der Waals surface area contributed by atoms with E-state index in [1.165, 1.54) is 0 Å². The lowest BCUT2D eigenvalue weighted by molar-refractivity contribution is -0.386. The molecule has 1 aromatic rings. The third-order valence-electron chi connectivity index (χ3n) is 2.98. The lowest BCUT2D eigenvalue weighted by atomic mass is 9.99. The van der Waals surface area contributed by atoms with Crippen molar-refractivity contribution >= 4 is 17.3 Å². The maximum atomic E-state index is 11.3. The van der Waals surface area contributed by atoms with Crippen LogP contribution in [0.15, 0.2) is 6.07 Å². The minimum Gasteiger partial charge on any atom is -0.482 e. The largest absolute Gasteiger partial charge is 0.482 e. The standard InChI is InChI=1S/C12H14N2O4/c1-3-7-5-9-11(13-10(15)6-18-9)8(4-2)12(7)14(16)17/h5H,3-4,6H2,1-2H3,(H,13,15). The molecule has 0 aliphatic carbocycles. The Labute approximate surface area is 104 Å². The molecule has 0 spiro atoms. The van der Waals surface area contributed by atoms with Gasteiger partial charge in [-0.3, -0.25) is 14.9 Å². The van der Waals surface area contributed by atoms with E-state index >= 15 is 0 Å². The third kappa shape index (κ3) is 1.90. The minimum atomic E-state index is -0.390. The van der Waals surface area contributed by atoms with Crippen molar-refractivity contribution in [2.75, 3.05) is 11.9 Å². The summed E-state index contributed by atoms with van der Waals surface area (Å²) in [6, 6.07) is 1.64. The maximum absolute atomic E-state index is 11.3. The van der Waals surface area contributed by atoms with Crippen LogP contribution in [0.4, 0.5) is 11.4 Å². The minimum absolute atomic E-state index is 0.0445. The van der Waals surface area contributed by atoms with Gasteiger partial charge in [-0.25, -0.2) is 0 Å². The molecule has 18 heavy (non-hydrogen) atoms. The first kappa shape index (κ1) is 12.3. The van der Waals surface area contributed by atoms with E-state index < -0.39 is 4.92 Å². The molecule has 0 bridgehead atoms. The molecule has 1 aliphatic rings. The van der Waals surface area contributed by atoms with Crippen LogP contribution < -0.4 is 10.1 Å². The monoisotopic (exact) mass is 250 g/mol. The summed E-state index contributed by atoms with van der Waals surface area (Å²) in [5, 5.41) is 13.8. The molecule has 1 aromatic carbocycles. The van der Waals surface area contributed by atoms with Crippen LogP contribution in [0, 0.1) is 10.1 Å². The van der Waals surface area contributed by atoms with E-state index in [1.807, 2.05) is 13.8 Å². The predicted octanol–water partition coefficient (Wildman–Crippen LogP) is 2.05. The summed E-state index contributed by atoms with van der Waals surface area (Å²) < 4.78 is 5.32. The SMILES string of the molecule is CCc1cc2c(c(CC)c1[N+](=O)[O-])NC(=O)CO2. The van der Waals surface area contributed by atoms with E-state index in [0.29, 0.717) is 35.4 Å². The molecule has 0 fully saturated rings. The van der Waals surface area contributed by atoms with Crippen molar-refractivity contribution in [1.29, 1.82) is 0 Å². The fraction of sp³-hybridized carbons (Fsp3) is 0.417. The molecule has 1 N–H and O–H groups in total. The normalized spacial score (nSPS) is 13.6. The van der Waals surface area contributed by atoms with Gasteiger partial charge in [-0.1, -0.05) is 13.8 Å². The highest BCUT2D eigenvalue weighted by atomic mass is 16.6. The first-order chi connectivity index (χ1) is 8.58. The fourth-order valence-electron chi connectivity index (χ4n) is 2.17. The van der Waals surface area contributed by atoms with E-state index in [2.05, 4.69) is 5.32 Å². The number of fused-ring (bicyclic) bond motifs is 1. The van der Waals surface area contributed by atoms with Crippen LogP contribution in [-0.2, 0) is 17.6 Å². The van der Waals surface area contributed by atoms with Crippen LogP contribution in [0.3, 0.4) is 0 Å². The number of aryl methyl sites for hydroxylation is 1. The second kappa shape index (κ2) is 4.64. The average molecular weight is 250 g/mol. The van der Waals surface area contributed by atoms with Crippen molar-refractivity contribution in [3.63, 3.8) is 0 Å². The van der Waals surface area contributed by atoms with Gasteiger partial charge < -0.3 is 10.1 Å². The van der Waals surface area contributed by atoms with Gasteiger partial charge in [0, 0.05) is 5.56 Å². The lowest BCUT2D eigenvalue weighted by Gasteiger charge is -2.21. The first-order valence-electron chi connectivity index (χ1n) is 5.84. The zero-order chi connectivity index (χ0) is 13.3. The van der Waals surface area contributed by atoms with Gasteiger partial charge in [0.2, 0.25) is 0 Å². The second-order valence-corrected chi connectivity index (χ2v) is 4.04. The average Bonchev–Trinajstić information content (AvgIpc) is 2.36. The first-order valence-corrected chi connectivity index (χ1v) is 5.84. The number of carbonyl (C=O) groups excluding carboxylic acids is 1. The molecule has 96 valence electrons. The number of hydrogen-bond acceptors (Lipinski definition) is 4. The van der Waals surface area contributed by atoms with E-state index in [1.54, 1.807) is 6.07 Å². The Balaban J connectivity index is 2.70. The number of anilines is 1. The number of ether oxygens (including phenoxy) is 1. The molecule has 0 radical (unpaired) electrons. The second-order valence-electron chi connectivity index (χ2n) is 4.04. The Morgan fingerprint density at radius 2 is 2.17 bits per heavy atom. The van der Waals surface area contributed by atoms with Crippen LogP contribution in [0.1, 0.15) is 25.0 Å². The number of nitrogens with zero attached hydrogens (tertiary/aromatic N) is 1. The lowest BCUT2D eigenvalue weighted by Crippen LogP contribution is -2.26. The molecule has 1 aliphatic heterocycles. The number of amides is 1. The van der Waals surface area contributed by atoms with Crippen LogP contribution in [0.5, 0.6) is 5.75 Å². The molecular formula is C12H14N2O4. The highest BCUT2D eigenvalue weighted by molar-refractivity contribution is 5.97. The van der Waals surface area contributed by atoms with Crippen LogP contribution in [-0.4, -0.2) is 17.4 Å². The highest BCUT2D eigenvalue weighted by Gasteiger charge is 2.28. The quantitative estimate of drug-likeness (QED) is 0.657. The van der Waals surface area contributed by atoms with E-state index in [9.17, 15) is 14.9 Å². The molecular weight excluding hydrogens is 236 g/mol. The molecule has 0 saturated carbocycles. The topological polar surface area (TPSA) is 81.5 Å². The summed E-state index contributed by atoms with van der Waals surface area (Å²) in [6.45, 7) is 3.63. The van der Waals surface area contributed by atoms with E-state index in [4.69, 9.17) is 4.74 Å². The molecule has 0 saturated heterocycles. The summed E-state index contributed by atoms with van der Waals surface area (Å²) in [7, 11) is 0. The summed E-state index contributed by atoms with van der Waals surface area (Å²) in [5.74, 6) is 0.240. The van der Waals surface area contributed by atoms with E-state index in [-0.39, 0.29) is 18.2 Å². The Bertz CT molecular complexity index is 525. The molecule has 6 nitrogen and oxygen atoms in total. The van der Waals surface area contributed by atoms with Crippen molar-refractivity contribution in [3.8, 4) is 5.75 Å². The van der Waals surface area contributed by atoms with Crippen molar-refractivity contribution in [1.82, 2.24) is 0 Å². The number of benzene rings is 1. The number of hydrogen-bond donors (Lipinski definition) is 1. The number of nitro groups is 1. The number of carbonyl (C=O) groups is 1. The number of nitro benzene ring substituents is 1. The predicted molar refractivity (Wildman–Crippen MR) is 66.0 cm³/mol. The van der Waals surface area contributed by atoms with Gasteiger partial charge in [0.25, 0.3) is 11.6 Å². The molecule has 1 heterocycles. The van der Waals surface area contributed by atoms with Gasteiger partial charge in [-0.15, -0.1) is 0 Å². The Morgan fingerprint density at radius 1 is 1.44 bits per heavy atom. The summed E-state index contributed by atoms with van der Waals surface area (Å²) in [5.41, 5.74) is 1.69. The van der Waals surface area contributed by atoms with Gasteiger partial charge in [0.15, 0.2) is 6.61 Å². The molecule has 0 unspecified atom stereocenters. The van der Waals surface area contributed by atoms with Gasteiger partial charge >= 0.3 is 0 Å². The zero-order valence-electron chi connectivity index (χ0n) is 10.3. The van der Waals surface area contributed by atoms with Crippen molar-refractivity contribution < 1.29 is 14.5 Å². The van der Waals surface area contributed by atoms with Crippen molar-refractivity contribution in [3.05, 3.63) is 27.3 Å². The van der Waals surface area contributed by atoms with Crippen LogP contribution in [0.2, 0.25) is 0 Å². The van der Waals surface area contributed by atoms with Crippen molar-refractivity contribution in [2.45, 2.75) is 26.7 Å². The smallest absolute Gasteiger partial charge is 0.278 e. The van der Waals surface area contributed by atoms with Gasteiger partial charge in [-0.05, 0) is 18.9 Å². The fourth-order valence-corrected chi connectivity index (χ4v) is 2.17. The molecule has 0 atom stereocenters. The highest BCUT2D eigenvalue weighted by Crippen LogP contribution is 2.40. The van der Waals surface area contributed by atoms with Gasteiger partial charge in [0.1, 0.15) is 5.75 Å². The summed E-state index contributed by atoms with van der Waals surface area (Å²) in [4.78, 5) is 22.1. The maximum Gasteiger partial charge on any atom is 0.278 e. The summed E-state index contributed by atoms with van der Waals surface area (Å²) in [6.07, 6.45) is 1.02. The Kier molecular flexibility index (Phi) is 3.18. The van der Waals surface area contributed by atoms with Crippen LogP contribution in [0.25, 0.3) is 0 Å².